The van der Waals surface area contributed by atoms with Crippen molar-refractivity contribution in [3.8, 4) is 22.5 Å². The predicted molar refractivity (Wildman–Crippen MR) is 166 cm³/mol. The molecule has 7 nitrogen and oxygen atoms in total. The molecule has 0 saturated carbocycles. The Morgan fingerprint density at radius 1 is 0.850 bits per heavy atom. The minimum absolute atomic E-state index is 0.537. The van der Waals surface area contributed by atoms with Gasteiger partial charge in [0.05, 0.1) is 6.54 Å². The molecule has 40 heavy (non-hydrogen) atoms. The zero-order valence-electron chi connectivity index (χ0n) is 24.0. The molecule has 0 spiro atoms. The number of aryl methyl sites for hydroxylation is 2. The van der Waals surface area contributed by atoms with E-state index in [1.807, 2.05) is 18.2 Å². The van der Waals surface area contributed by atoms with Crippen molar-refractivity contribution in [1.29, 1.82) is 0 Å². The summed E-state index contributed by atoms with van der Waals surface area (Å²) in [4.78, 5) is 7.09. The summed E-state index contributed by atoms with van der Waals surface area (Å²) in [5.74, 6) is 2.46. The average Bonchev–Trinajstić information content (AvgIpc) is 3.62. The van der Waals surface area contributed by atoms with Crippen LogP contribution in [0.1, 0.15) is 42.3 Å². The molecule has 2 aromatic heterocycles. The molecule has 0 aliphatic heterocycles. The summed E-state index contributed by atoms with van der Waals surface area (Å²) in [6, 6.07) is 25.2. The molecular formula is C31H37N7SSn. The van der Waals surface area contributed by atoms with Gasteiger partial charge in [0.15, 0.2) is 5.16 Å². The fraction of sp³-hybridized carbons (Fsp3) is 0.323. The third-order valence-corrected chi connectivity index (χ3v) is 7.27. The minimum atomic E-state index is -0.543. The number of thioether (sulfide) groups is 1. The van der Waals surface area contributed by atoms with Crippen molar-refractivity contribution in [2.24, 2.45) is 0 Å². The molecule has 0 saturated heterocycles. The molecule has 0 aliphatic rings. The van der Waals surface area contributed by atoms with Crippen LogP contribution in [0.5, 0.6) is 0 Å². The summed E-state index contributed by atoms with van der Waals surface area (Å²) in [5, 5.41) is 25.4. The summed E-state index contributed by atoms with van der Waals surface area (Å²) < 4.78 is 2.27. The Hall–Kier alpha value is -2.98. The average molecular weight is 658 g/mol. The standard InChI is InChI=1S/C28H28N7S.3CH3.Sn/c1-3-4-13-26-29-32-28(36-19-23-10-6-5-9-20(23)2)35(26)18-21-14-16-22(17-15-21)24-11-7-8-12-25(24)27-30-33-34-31-27;;;;/h5-12,14-17H,3-4,13,18-19H2,1-2H3;3*1H3;/q-1;;;;+1. The van der Waals surface area contributed by atoms with E-state index in [4.69, 9.17) is 0 Å². The molecule has 0 amide bonds. The van der Waals surface area contributed by atoms with E-state index in [-0.39, 0.29) is 0 Å². The Morgan fingerprint density at radius 3 is 2.23 bits per heavy atom. The van der Waals surface area contributed by atoms with Gasteiger partial charge in [0.1, 0.15) is 5.82 Å². The summed E-state index contributed by atoms with van der Waals surface area (Å²) in [6.07, 6.45) is 3.16. The van der Waals surface area contributed by atoms with Gasteiger partial charge in [0.2, 0.25) is 0 Å². The van der Waals surface area contributed by atoms with Gasteiger partial charge in [-0.1, -0.05) is 97.9 Å². The van der Waals surface area contributed by atoms with Gasteiger partial charge < -0.3 is 9.67 Å². The second-order valence-electron chi connectivity index (χ2n) is 10.2. The van der Waals surface area contributed by atoms with Gasteiger partial charge in [0.25, 0.3) is 0 Å². The number of rotatable bonds is 10. The van der Waals surface area contributed by atoms with Crippen molar-refractivity contribution in [1.82, 2.24) is 35.4 Å². The van der Waals surface area contributed by atoms with Crippen molar-refractivity contribution in [3.63, 3.8) is 0 Å². The van der Waals surface area contributed by atoms with E-state index < -0.39 is 19.8 Å². The molecular weight excluding hydrogens is 621 g/mol. The molecule has 2 heterocycles. The summed E-state index contributed by atoms with van der Waals surface area (Å²) in [6.45, 7) is 5.10. The maximum atomic E-state index is 4.57. The Balaban J connectivity index is 0.000000867. The first-order chi connectivity index (χ1) is 19.5. The van der Waals surface area contributed by atoms with Gasteiger partial charge in [-0.05, 0) is 46.7 Å². The SMILES string of the molecule is CCCCc1nnc(SCc2ccccc2C)n1Cc1ccc(-c2ccccc2-c2nnn[n-]2)cc1.[CH3][Sn+]([CH3])[CH3]. The van der Waals surface area contributed by atoms with Crippen LogP contribution in [-0.4, -0.2) is 50.0 Å². The zero-order chi connectivity index (χ0) is 28.3. The van der Waals surface area contributed by atoms with Crippen LogP contribution in [0.3, 0.4) is 0 Å². The van der Waals surface area contributed by atoms with E-state index in [0.29, 0.717) is 5.82 Å². The monoisotopic (exact) mass is 659 g/mol. The van der Waals surface area contributed by atoms with Crippen molar-refractivity contribution < 1.29 is 0 Å². The number of nitrogens with zero attached hydrogens (tertiary/aromatic N) is 7. The third-order valence-electron chi connectivity index (χ3n) is 6.26. The predicted octanol–water partition coefficient (Wildman–Crippen LogP) is 7.12. The zero-order valence-corrected chi connectivity index (χ0v) is 27.7. The van der Waals surface area contributed by atoms with Crippen LogP contribution in [0, 0.1) is 6.92 Å². The van der Waals surface area contributed by atoms with E-state index in [1.54, 1.807) is 11.8 Å². The first-order valence-electron chi connectivity index (χ1n) is 13.7. The van der Waals surface area contributed by atoms with E-state index in [2.05, 4.69) is 119 Å². The quantitative estimate of drug-likeness (QED) is 0.117. The van der Waals surface area contributed by atoms with Crippen LogP contribution < -0.4 is 5.10 Å². The Morgan fingerprint density at radius 2 is 1.55 bits per heavy atom. The van der Waals surface area contributed by atoms with Crippen LogP contribution in [0.25, 0.3) is 22.5 Å². The first-order valence-corrected chi connectivity index (χ1v) is 23.2. The molecule has 5 rings (SSSR count). The number of tetrazole rings is 1. The van der Waals surface area contributed by atoms with E-state index in [9.17, 15) is 0 Å². The van der Waals surface area contributed by atoms with E-state index in [0.717, 1.165) is 59.2 Å². The Bertz CT molecular complexity index is 1460. The molecule has 3 aromatic carbocycles. The van der Waals surface area contributed by atoms with Crippen molar-refractivity contribution in [2.75, 3.05) is 0 Å². The number of aromatic nitrogens is 7. The van der Waals surface area contributed by atoms with Gasteiger partial charge >= 0.3 is 34.6 Å². The molecule has 0 N–H and O–H groups in total. The summed E-state index contributed by atoms with van der Waals surface area (Å²) in [5.41, 5.74) is 6.92. The number of hydrogen-bond acceptors (Lipinski definition) is 6. The van der Waals surface area contributed by atoms with Crippen molar-refractivity contribution >= 4 is 31.5 Å². The topological polar surface area (TPSA) is 83.5 Å². The molecule has 5 aromatic rings. The molecule has 0 unspecified atom stereocenters. The summed E-state index contributed by atoms with van der Waals surface area (Å²) >= 11 is 1.21. The fourth-order valence-electron chi connectivity index (χ4n) is 4.17. The summed E-state index contributed by atoms with van der Waals surface area (Å²) in [7, 11) is 0. The van der Waals surface area contributed by atoms with Crippen LogP contribution in [0.4, 0.5) is 0 Å². The van der Waals surface area contributed by atoms with Crippen molar-refractivity contribution in [3.05, 3.63) is 95.3 Å². The second kappa shape index (κ2) is 15.1. The Kier molecular flexibility index (Phi) is 11.3. The fourth-order valence-corrected chi connectivity index (χ4v) is 5.21. The van der Waals surface area contributed by atoms with Crippen LogP contribution in [-0.2, 0) is 18.7 Å². The van der Waals surface area contributed by atoms with Gasteiger partial charge in [0, 0.05) is 18.0 Å². The van der Waals surface area contributed by atoms with Crippen LogP contribution in [0.15, 0.2) is 78.0 Å². The van der Waals surface area contributed by atoms with E-state index >= 15 is 0 Å². The molecule has 9 heteroatoms. The second-order valence-corrected chi connectivity index (χ2v) is 19.8. The van der Waals surface area contributed by atoms with E-state index in [1.165, 1.54) is 16.7 Å². The van der Waals surface area contributed by atoms with Crippen LogP contribution in [0.2, 0.25) is 14.8 Å². The van der Waals surface area contributed by atoms with Gasteiger partial charge in [-0.2, -0.15) is 5.21 Å². The molecule has 0 radical (unpaired) electrons. The number of benzene rings is 3. The maximum absolute atomic E-state index is 4.57. The van der Waals surface area contributed by atoms with Gasteiger partial charge in [-0.15, -0.1) is 10.2 Å². The normalized spacial score (nSPS) is 10.7. The van der Waals surface area contributed by atoms with Gasteiger partial charge in [-0.3, -0.25) is 10.3 Å². The Labute approximate surface area is 249 Å². The molecule has 0 atom stereocenters. The molecule has 206 valence electrons. The third kappa shape index (κ3) is 8.27. The molecule has 0 aliphatic carbocycles. The van der Waals surface area contributed by atoms with Gasteiger partial charge in [-0.25, -0.2) is 0 Å². The number of unbranched alkanes of at least 4 members (excludes halogenated alkanes) is 1. The van der Waals surface area contributed by atoms with Crippen molar-refractivity contribution in [2.45, 2.75) is 65.4 Å². The first kappa shape index (κ1) is 30.0. The molecule has 0 bridgehead atoms. The number of hydrogen-bond donors (Lipinski definition) is 0. The molecule has 0 fully saturated rings. The van der Waals surface area contributed by atoms with Crippen LogP contribution >= 0.6 is 11.8 Å².